The van der Waals surface area contributed by atoms with E-state index in [1.165, 1.54) is 28.4 Å². The summed E-state index contributed by atoms with van der Waals surface area (Å²) in [5.74, 6) is -0.658. The highest BCUT2D eigenvalue weighted by Gasteiger charge is 2.37. The zero-order valence-corrected chi connectivity index (χ0v) is 17.2. The number of piperazine rings is 1. The predicted molar refractivity (Wildman–Crippen MR) is 104 cm³/mol. The van der Waals surface area contributed by atoms with Crippen LogP contribution in [0.5, 0.6) is 0 Å². The lowest BCUT2D eigenvalue weighted by Crippen LogP contribution is -2.51. The second-order valence-corrected chi connectivity index (χ2v) is 9.60. The Morgan fingerprint density at radius 1 is 1.04 bits per heavy atom. The van der Waals surface area contributed by atoms with E-state index in [0.29, 0.717) is 28.1 Å². The van der Waals surface area contributed by atoms with Crippen LogP contribution in [0, 0.1) is 0 Å². The van der Waals surface area contributed by atoms with E-state index >= 15 is 0 Å². The average molecular weight is 468 g/mol. The van der Waals surface area contributed by atoms with Crippen LogP contribution >= 0.6 is 27.3 Å². The first kappa shape index (κ1) is 18.3. The number of halogens is 1. The van der Waals surface area contributed by atoms with E-state index in [1.54, 1.807) is 28.6 Å². The molecule has 2 aromatic rings. The SMILES string of the molecule is O=C(C1=Cc2ccccc2S1(=O)=O)N1CCN(C(=O)c2scnc2Br)CC1. The van der Waals surface area contributed by atoms with Gasteiger partial charge in [0.05, 0.1) is 10.4 Å². The summed E-state index contributed by atoms with van der Waals surface area (Å²) in [6.45, 7) is 1.25. The van der Waals surface area contributed by atoms with Gasteiger partial charge in [-0.25, -0.2) is 13.4 Å². The number of sulfone groups is 1. The summed E-state index contributed by atoms with van der Waals surface area (Å²) in [4.78, 5) is 33.0. The Hall–Kier alpha value is -2.04. The summed E-state index contributed by atoms with van der Waals surface area (Å²) < 4.78 is 25.8. The Labute approximate surface area is 168 Å². The number of carbonyl (C=O) groups excluding carboxylic acids is 2. The van der Waals surface area contributed by atoms with E-state index in [0.717, 1.165) is 0 Å². The molecule has 0 spiro atoms. The van der Waals surface area contributed by atoms with Crippen molar-refractivity contribution in [1.29, 1.82) is 0 Å². The van der Waals surface area contributed by atoms with Gasteiger partial charge >= 0.3 is 0 Å². The quantitative estimate of drug-likeness (QED) is 0.673. The molecule has 2 aliphatic rings. The first-order valence-corrected chi connectivity index (χ1v) is 11.3. The molecule has 0 atom stereocenters. The summed E-state index contributed by atoms with van der Waals surface area (Å²) >= 11 is 4.51. The number of aromatic nitrogens is 1. The third kappa shape index (κ3) is 3.11. The first-order chi connectivity index (χ1) is 12.9. The van der Waals surface area contributed by atoms with Gasteiger partial charge in [0.2, 0.25) is 9.84 Å². The second kappa shape index (κ2) is 6.84. The van der Waals surface area contributed by atoms with Gasteiger partial charge in [-0.15, -0.1) is 11.3 Å². The molecule has 27 heavy (non-hydrogen) atoms. The van der Waals surface area contributed by atoms with Crippen molar-refractivity contribution < 1.29 is 18.0 Å². The largest absolute Gasteiger partial charge is 0.334 e. The second-order valence-electron chi connectivity index (χ2n) is 6.11. The average Bonchev–Trinajstić information content (AvgIpc) is 3.22. The third-order valence-corrected chi connectivity index (χ3v) is 8.07. The van der Waals surface area contributed by atoms with Crippen LogP contribution in [0.1, 0.15) is 15.2 Å². The van der Waals surface area contributed by atoms with Crippen LogP contribution in [0.25, 0.3) is 6.08 Å². The van der Waals surface area contributed by atoms with Gasteiger partial charge in [0.15, 0.2) is 0 Å². The standard InChI is InChI=1S/C17H14BrN3O4S2/c18-15-14(26-10-19-15)17(23)21-7-5-20(6-8-21)16(22)13-9-11-3-1-2-4-12(11)27(13,24)25/h1-4,9-10H,5-8H2. The minimum absolute atomic E-state index is 0.142. The van der Waals surface area contributed by atoms with Crippen LogP contribution in [0.2, 0.25) is 0 Å². The number of thiazole rings is 1. The lowest BCUT2D eigenvalue weighted by atomic mass is 10.2. The Kier molecular flexibility index (Phi) is 4.65. The number of amides is 2. The molecule has 0 N–H and O–H groups in total. The number of rotatable bonds is 2. The van der Waals surface area contributed by atoms with Gasteiger partial charge < -0.3 is 9.80 Å². The molecule has 2 aliphatic heterocycles. The van der Waals surface area contributed by atoms with Crippen molar-refractivity contribution in [2.45, 2.75) is 4.90 Å². The van der Waals surface area contributed by atoms with Crippen LogP contribution in [-0.4, -0.2) is 61.2 Å². The van der Waals surface area contributed by atoms with Crippen molar-refractivity contribution >= 4 is 55.0 Å². The zero-order chi connectivity index (χ0) is 19.2. The smallest absolute Gasteiger partial charge is 0.266 e. The van der Waals surface area contributed by atoms with Crippen LogP contribution in [0.3, 0.4) is 0 Å². The van der Waals surface area contributed by atoms with Crippen molar-refractivity contribution in [2.75, 3.05) is 26.2 Å². The van der Waals surface area contributed by atoms with Crippen molar-refractivity contribution in [3.8, 4) is 0 Å². The highest BCUT2D eigenvalue weighted by atomic mass is 79.9. The van der Waals surface area contributed by atoms with Gasteiger partial charge in [0.1, 0.15) is 14.4 Å². The number of nitrogens with zero attached hydrogens (tertiary/aromatic N) is 3. The molecule has 1 saturated heterocycles. The maximum absolute atomic E-state index is 12.8. The molecule has 0 bridgehead atoms. The number of hydrogen-bond acceptors (Lipinski definition) is 6. The third-order valence-electron chi connectivity index (χ3n) is 4.57. The van der Waals surface area contributed by atoms with Crippen molar-refractivity contribution in [3.05, 3.63) is 49.7 Å². The van der Waals surface area contributed by atoms with Crippen LogP contribution in [-0.2, 0) is 14.6 Å². The predicted octanol–water partition coefficient (Wildman–Crippen LogP) is 2.02. The molecular weight excluding hydrogens is 454 g/mol. The molecule has 4 rings (SSSR count). The van der Waals surface area contributed by atoms with E-state index in [1.807, 2.05) is 0 Å². The Balaban J connectivity index is 1.47. The lowest BCUT2D eigenvalue weighted by Gasteiger charge is -2.34. The highest BCUT2D eigenvalue weighted by molar-refractivity contribution is 9.10. The molecule has 0 saturated carbocycles. The van der Waals surface area contributed by atoms with Crippen LogP contribution in [0.15, 0.2) is 44.2 Å². The molecule has 1 aromatic carbocycles. The first-order valence-electron chi connectivity index (χ1n) is 8.13. The molecule has 0 aliphatic carbocycles. The summed E-state index contributed by atoms with van der Waals surface area (Å²) in [5.41, 5.74) is 2.12. The van der Waals surface area contributed by atoms with Gasteiger partial charge in [-0.3, -0.25) is 9.59 Å². The topological polar surface area (TPSA) is 87.7 Å². The van der Waals surface area contributed by atoms with E-state index < -0.39 is 15.7 Å². The monoisotopic (exact) mass is 467 g/mol. The Morgan fingerprint density at radius 2 is 1.67 bits per heavy atom. The number of benzene rings is 1. The molecular formula is C17H14BrN3O4S2. The molecule has 0 unspecified atom stereocenters. The van der Waals surface area contributed by atoms with E-state index in [2.05, 4.69) is 20.9 Å². The molecule has 2 amide bonds. The summed E-state index contributed by atoms with van der Waals surface area (Å²) in [6.07, 6.45) is 1.43. The lowest BCUT2D eigenvalue weighted by molar-refractivity contribution is -0.127. The molecule has 1 aromatic heterocycles. The van der Waals surface area contributed by atoms with E-state index in [4.69, 9.17) is 0 Å². The van der Waals surface area contributed by atoms with Gasteiger partial charge in [-0.2, -0.15) is 0 Å². The van der Waals surface area contributed by atoms with Crippen molar-refractivity contribution in [3.63, 3.8) is 0 Å². The fourth-order valence-electron chi connectivity index (χ4n) is 3.14. The van der Waals surface area contributed by atoms with Gasteiger partial charge in [0.25, 0.3) is 11.8 Å². The fraction of sp³-hybridized carbons (Fsp3) is 0.235. The maximum Gasteiger partial charge on any atom is 0.266 e. The van der Waals surface area contributed by atoms with Gasteiger partial charge in [-0.1, -0.05) is 18.2 Å². The minimum atomic E-state index is -3.79. The summed E-state index contributed by atoms with van der Waals surface area (Å²) in [6, 6.07) is 6.56. The molecule has 1 fully saturated rings. The highest BCUT2D eigenvalue weighted by Crippen LogP contribution is 2.33. The molecule has 7 nitrogen and oxygen atoms in total. The summed E-state index contributed by atoms with van der Waals surface area (Å²) in [7, 11) is -3.79. The minimum Gasteiger partial charge on any atom is -0.334 e. The molecule has 3 heterocycles. The van der Waals surface area contributed by atoms with Crippen LogP contribution in [0.4, 0.5) is 0 Å². The van der Waals surface area contributed by atoms with E-state index in [9.17, 15) is 18.0 Å². The zero-order valence-electron chi connectivity index (χ0n) is 14.0. The van der Waals surface area contributed by atoms with Gasteiger partial charge in [-0.05, 0) is 33.6 Å². The number of hydrogen-bond donors (Lipinski definition) is 0. The van der Waals surface area contributed by atoms with Crippen molar-refractivity contribution in [1.82, 2.24) is 14.8 Å². The Morgan fingerprint density at radius 3 is 2.26 bits per heavy atom. The van der Waals surface area contributed by atoms with E-state index in [-0.39, 0.29) is 28.8 Å². The fourth-order valence-corrected chi connectivity index (χ4v) is 6.05. The molecule has 10 heteroatoms. The number of carbonyl (C=O) groups is 2. The number of fused-ring (bicyclic) bond motifs is 1. The Bertz CT molecular complexity index is 1070. The maximum atomic E-state index is 12.8. The molecule has 0 radical (unpaired) electrons. The molecule has 140 valence electrons. The normalized spacial score (nSPS) is 18.2. The van der Waals surface area contributed by atoms with Gasteiger partial charge in [0, 0.05) is 26.2 Å². The summed E-state index contributed by atoms with van der Waals surface area (Å²) in [5, 5.41) is 0. The van der Waals surface area contributed by atoms with Crippen molar-refractivity contribution in [2.24, 2.45) is 0 Å². The van der Waals surface area contributed by atoms with Crippen LogP contribution < -0.4 is 0 Å².